The van der Waals surface area contributed by atoms with E-state index in [4.69, 9.17) is 0 Å². The zero-order valence-electron chi connectivity index (χ0n) is 17.7. The molecule has 0 spiro atoms. The van der Waals surface area contributed by atoms with Crippen molar-refractivity contribution in [2.45, 2.75) is 19.3 Å². The van der Waals surface area contributed by atoms with Gasteiger partial charge in [0.1, 0.15) is 0 Å². The summed E-state index contributed by atoms with van der Waals surface area (Å²) in [7, 11) is 0. The molecule has 0 saturated carbocycles. The van der Waals surface area contributed by atoms with Gasteiger partial charge in [0, 0.05) is 5.41 Å². The molecule has 0 bridgehead atoms. The fourth-order valence-electron chi connectivity index (χ4n) is 5.93. The van der Waals surface area contributed by atoms with Crippen LogP contribution < -0.4 is 0 Å². The van der Waals surface area contributed by atoms with E-state index in [9.17, 15) is 0 Å². The lowest BCUT2D eigenvalue weighted by atomic mass is 9.69. The van der Waals surface area contributed by atoms with Gasteiger partial charge in [0.2, 0.25) is 0 Å². The molecule has 7 rings (SSSR count). The molecule has 1 aliphatic rings. The molecule has 6 aromatic rings. The number of hydrogen-bond acceptors (Lipinski definition) is 0. The largest absolute Gasteiger partial charge is 0.0616 e. The van der Waals surface area contributed by atoms with Crippen molar-refractivity contribution < 1.29 is 0 Å². The first-order valence-electron chi connectivity index (χ1n) is 11.0. The third kappa shape index (κ3) is 2.10. The average Bonchev–Trinajstić information content (AvgIpc) is 2.81. The van der Waals surface area contributed by atoms with Crippen molar-refractivity contribution in [2.24, 2.45) is 0 Å². The van der Waals surface area contributed by atoms with Crippen LogP contribution >= 0.6 is 0 Å². The van der Waals surface area contributed by atoms with E-state index in [0.29, 0.717) is 0 Å². The van der Waals surface area contributed by atoms with Crippen LogP contribution in [0.25, 0.3) is 54.2 Å². The van der Waals surface area contributed by atoms with E-state index in [2.05, 4.69) is 111 Å². The van der Waals surface area contributed by atoms with E-state index in [0.717, 1.165) is 0 Å². The standard InChI is InChI=1S/C31H22/c1-31(2)26-14-6-10-20-16-17-21-18-25(23-12-5-9-19-8-3-4-11-22(19)23)24-13-7-15-27(31)30(24)29(21)28(20)26/h3-18H,1-2H3. The summed E-state index contributed by atoms with van der Waals surface area (Å²) in [6.45, 7) is 4.76. The maximum absolute atomic E-state index is 2.41. The fourth-order valence-corrected chi connectivity index (χ4v) is 5.93. The first-order valence-corrected chi connectivity index (χ1v) is 11.0. The van der Waals surface area contributed by atoms with Gasteiger partial charge in [-0.2, -0.15) is 0 Å². The second-order valence-electron chi connectivity index (χ2n) is 9.37. The Bertz CT molecular complexity index is 1690. The topological polar surface area (TPSA) is 0 Å². The molecular formula is C31H22. The molecule has 146 valence electrons. The van der Waals surface area contributed by atoms with Gasteiger partial charge < -0.3 is 0 Å². The van der Waals surface area contributed by atoms with Gasteiger partial charge in [-0.1, -0.05) is 105 Å². The summed E-state index contributed by atoms with van der Waals surface area (Å²) < 4.78 is 0. The minimum absolute atomic E-state index is 0.0301. The third-order valence-corrected chi connectivity index (χ3v) is 7.41. The van der Waals surface area contributed by atoms with Crippen molar-refractivity contribution in [2.75, 3.05) is 0 Å². The Morgan fingerprint density at radius 2 is 1.10 bits per heavy atom. The maximum Gasteiger partial charge on any atom is 0.0159 e. The van der Waals surface area contributed by atoms with Crippen LogP contribution in [-0.4, -0.2) is 0 Å². The molecule has 0 heteroatoms. The average molecular weight is 395 g/mol. The number of rotatable bonds is 1. The fraction of sp³-hybridized carbons (Fsp3) is 0.0968. The molecule has 6 aromatic carbocycles. The van der Waals surface area contributed by atoms with Crippen molar-refractivity contribution >= 4 is 43.1 Å². The highest BCUT2D eigenvalue weighted by molar-refractivity contribution is 6.27. The molecule has 0 N–H and O–H groups in total. The van der Waals surface area contributed by atoms with E-state index < -0.39 is 0 Å². The molecule has 0 heterocycles. The number of benzene rings is 6. The van der Waals surface area contributed by atoms with Gasteiger partial charge in [-0.25, -0.2) is 0 Å². The Morgan fingerprint density at radius 1 is 0.452 bits per heavy atom. The summed E-state index contributed by atoms with van der Waals surface area (Å²) >= 11 is 0. The normalized spacial score (nSPS) is 14.4. The van der Waals surface area contributed by atoms with E-state index >= 15 is 0 Å². The second kappa shape index (κ2) is 5.74. The Labute approximate surface area is 181 Å². The summed E-state index contributed by atoms with van der Waals surface area (Å²) in [6, 6.07) is 36.1. The summed E-state index contributed by atoms with van der Waals surface area (Å²) in [5, 5.41) is 10.9. The number of hydrogen-bond donors (Lipinski definition) is 0. The van der Waals surface area contributed by atoms with Crippen molar-refractivity contribution in [3.8, 4) is 11.1 Å². The van der Waals surface area contributed by atoms with Crippen LogP contribution in [0.4, 0.5) is 0 Å². The van der Waals surface area contributed by atoms with Gasteiger partial charge in [0.05, 0.1) is 0 Å². The van der Waals surface area contributed by atoms with Crippen LogP contribution in [-0.2, 0) is 5.41 Å². The molecular weight excluding hydrogens is 372 g/mol. The van der Waals surface area contributed by atoms with E-state index in [1.807, 2.05) is 0 Å². The first-order chi connectivity index (χ1) is 15.1. The van der Waals surface area contributed by atoms with Gasteiger partial charge in [-0.05, 0) is 71.4 Å². The Morgan fingerprint density at radius 3 is 2.00 bits per heavy atom. The summed E-state index contributed by atoms with van der Waals surface area (Å²) in [5.74, 6) is 0. The van der Waals surface area contributed by atoms with Gasteiger partial charge >= 0.3 is 0 Å². The zero-order chi connectivity index (χ0) is 20.7. The monoisotopic (exact) mass is 394 g/mol. The van der Waals surface area contributed by atoms with Crippen molar-refractivity contribution in [3.63, 3.8) is 0 Å². The second-order valence-corrected chi connectivity index (χ2v) is 9.37. The Kier molecular flexibility index (Phi) is 3.16. The van der Waals surface area contributed by atoms with E-state index in [1.165, 1.54) is 65.3 Å². The predicted molar refractivity (Wildman–Crippen MR) is 134 cm³/mol. The molecule has 0 amide bonds. The first kappa shape index (κ1) is 17.1. The lowest BCUT2D eigenvalue weighted by molar-refractivity contribution is 0.652. The van der Waals surface area contributed by atoms with E-state index in [1.54, 1.807) is 0 Å². The van der Waals surface area contributed by atoms with E-state index in [-0.39, 0.29) is 5.41 Å². The van der Waals surface area contributed by atoms with Crippen LogP contribution in [0.1, 0.15) is 25.0 Å². The van der Waals surface area contributed by atoms with Crippen molar-refractivity contribution in [3.05, 3.63) is 108 Å². The van der Waals surface area contributed by atoms with Crippen LogP contribution in [0.2, 0.25) is 0 Å². The van der Waals surface area contributed by atoms with Crippen molar-refractivity contribution in [1.29, 1.82) is 0 Å². The van der Waals surface area contributed by atoms with Crippen molar-refractivity contribution in [1.82, 2.24) is 0 Å². The predicted octanol–water partition coefficient (Wildman–Crippen LogP) is 8.61. The van der Waals surface area contributed by atoms with Gasteiger partial charge in [-0.3, -0.25) is 0 Å². The minimum Gasteiger partial charge on any atom is -0.0616 e. The van der Waals surface area contributed by atoms with Crippen LogP contribution in [0.3, 0.4) is 0 Å². The molecule has 0 saturated heterocycles. The van der Waals surface area contributed by atoms with Gasteiger partial charge in [0.15, 0.2) is 0 Å². The molecule has 0 atom stereocenters. The quantitative estimate of drug-likeness (QED) is 0.245. The lowest BCUT2D eigenvalue weighted by Gasteiger charge is -2.34. The maximum atomic E-state index is 2.41. The summed E-state index contributed by atoms with van der Waals surface area (Å²) in [6.07, 6.45) is 0. The minimum atomic E-state index is -0.0301. The van der Waals surface area contributed by atoms with Crippen LogP contribution in [0.15, 0.2) is 97.1 Å². The molecule has 31 heavy (non-hydrogen) atoms. The molecule has 0 aromatic heterocycles. The van der Waals surface area contributed by atoms with Gasteiger partial charge in [0.25, 0.3) is 0 Å². The zero-order valence-corrected chi connectivity index (χ0v) is 17.7. The highest BCUT2D eigenvalue weighted by atomic mass is 14.4. The summed E-state index contributed by atoms with van der Waals surface area (Å²) in [5.41, 5.74) is 5.49. The smallest absolute Gasteiger partial charge is 0.0159 e. The molecule has 0 aliphatic heterocycles. The molecule has 0 unspecified atom stereocenters. The molecule has 1 aliphatic carbocycles. The van der Waals surface area contributed by atoms with Crippen LogP contribution in [0, 0.1) is 0 Å². The highest BCUT2D eigenvalue weighted by Gasteiger charge is 2.32. The van der Waals surface area contributed by atoms with Gasteiger partial charge in [-0.15, -0.1) is 0 Å². The molecule has 0 radical (unpaired) electrons. The Balaban J connectivity index is 1.76. The molecule has 0 fully saturated rings. The van der Waals surface area contributed by atoms with Crippen LogP contribution in [0.5, 0.6) is 0 Å². The Hall–Kier alpha value is -3.64. The highest BCUT2D eigenvalue weighted by Crippen LogP contribution is 2.50. The molecule has 0 nitrogen and oxygen atoms in total. The SMILES string of the molecule is CC1(C)c2cccc3ccc4cc(-c5cccc6ccccc56)c5cccc1c5c4c23. The third-order valence-electron chi connectivity index (χ3n) is 7.41. The summed E-state index contributed by atoms with van der Waals surface area (Å²) in [4.78, 5) is 0. The lowest BCUT2D eigenvalue weighted by Crippen LogP contribution is -2.22. The number of fused-ring (bicyclic) bond motifs is 1.